The maximum atomic E-state index is 9.36. The first-order chi connectivity index (χ1) is 11.5. The zero-order valence-corrected chi connectivity index (χ0v) is 18.6. The third-order valence-corrected chi connectivity index (χ3v) is 5.91. The van der Waals surface area contributed by atoms with Crippen LogP contribution in [0, 0.1) is 16.7 Å². The van der Waals surface area contributed by atoms with Gasteiger partial charge >= 0.3 is 0 Å². The fourth-order valence-corrected chi connectivity index (χ4v) is 4.04. The quantitative estimate of drug-likeness (QED) is 0.292. The molecule has 148 valence electrons. The summed E-state index contributed by atoms with van der Waals surface area (Å²) < 4.78 is 5.58. The number of rotatable bonds is 8. The summed E-state index contributed by atoms with van der Waals surface area (Å²) in [6, 6.07) is 0. The normalized spacial score (nSPS) is 25.0. The van der Waals surface area contributed by atoms with Crippen LogP contribution in [0.3, 0.4) is 0 Å². The van der Waals surface area contributed by atoms with Gasteiger partial charge in [0.25, 0.3) is 0 Å². The fourth-order valence-electron chi connectivity index (χ4n) is 4.04. The first-order valence-corrected chi connectivity index (χ1v) is 9.72. The third kappa shape index (κ3) is 6.86. The van der Waals surface area contributed by atoms with E-state index in [1.54, 1.807) is 0 Å². The number of nitrogens with one attached hydrogen (secondary N) is 2. The van der Waals surface area contributed by atoms with Gasteiger partial charge in [-0.25, -0.2) is 0 Å². The topological polar surface area (TPSA) is 65.9 Å². The summed E-state index contributed by atoms with van der Waals surface area (Å²) in [5, 5.41) is 16.2. The Balaban J connectivity index is 0.00000312. The van der Waals surface area contributed by atoms with Crippen molar-refractivity contribution in [3.8, 4) is 0 Å². The molecule has 0 spiro atoms. The predicted molar refractivity (Wildman–Crippen MR) is 115 cm³/mol. The molecule has 0 radical (unpaired) electrons. The number of guanidine groups is 1. The van der Waals surface area contributed by atoms with E-state index in [2.05, 4.69) is 31.4 Å². The van der Waals surface area contributed by atoms with Crippen molar-refractivity contribution in [3.05, 3.63) is 0 Å². The van der Waals surface area contributed by atoms with Crippen LogP contribution >= 0.6 is 24.0 Å². The van der Waals surface area contributed by atoms with Crippen LogP contribution < -0.4 is 10.6 Å². The van der Waals surface area contributed by atoms with E-state index in [0.29, 0.717) is 0 Å². The van der Waals surface area contributed by atoms with Gasteiger partial charge in [-0.05, 0) is 43.9 Å². The Kier molecular flexibility index (Phi) is 10.0. The lowest BCUT2D eigenvalue weighted by atomic mass is 9.78. The molecule has 0 amide bonds. The molecule has 1 saturated heterocycles. The van der Waals surface area contributed by atoms with Crippen molar-refractivity contribution in [2.75, 3.05) is 39.5 Å². The lowest BCUT2D eigenvalue weighted by Crippen LogP contribution is -2.45. The highest BCUT2D eigenvalue weighted by Gasteiger charge is 2.35. The number of hydrogen-bond acceptors (Lipinski definition) is 3. The first kappa shape index (κ1) is 23.0. The van der Waals surface area contributed by atoms with Crippen LogP contribution in [0.15, 0.2) is 4.99 Å². The van der Waals surface area contributed by atoms with Crippen LogP contribution in [0.25, 0.3) is 0 Å². The SMILES string of the molecule is CCNC(=NCC(C)(C)C1CCCC1)NCC1(CCO)CCOC1.I. The second-order valence-electron chi connectivity index (χ2n) is 8.29. The van der Waals surface area contributed by atoms with Crippen LogP contribution in [0.1, 0.15) is 59.3 Å². The molecule has 0 aromatic carbocycles. The molecule has 5 nitrogen and oxygen atoms in total. The van der Waals surface area contributed by atoms with Crippen molar-refractivity contribution < 1.29 is 9.84 Å². The fraction of sp³-hybridized carbons (Fsp3) is 0.947. The first-order valence-electron chi connectivity index (χ1n) is 9.72. The second kappa shape index (κ2) is 10.9. The van der Waals surface area contributed by atoms with Gasteiger partial charge < -0.3 is 20.5 Å². The lowest BCUT2D eigenvalue weighted by Gasteiger charge is -2.31. The molecular weight excluding hydrogens is 429 g/mol. The van der Waals surface area contributed by atoms with E-state index in [1.807, 2.05) is 0 Å². The Bertz CT molecular complexity index is 403. The highest BCUT2D eigenvalue weighted by molar-refractivity contribution is 14.0. The second-order valence-corrected chi connectivity index (χ2v) is 8.29. The van der Waals surface area contributed by atoms with Crippen molar-refractivity contribution in [3.63, 3.8) is 0 Å². The number of nitrogens with zero attached hydrogens (tertiary/aromatic N) is 1. The molecule has 2 rings (SSSR count). The molecular formula is C19H38IN3O2. The Morgan fingerprint density at radius 2 is 2.00 bits per heavy atom. The average Bonchev–Trinajstić information content (AvgIpc) is 3.23. The molecule has 0 bridgehead atoms. The molecule has 1 atom stereocenters. The van der Waals surface area contributed by atoms with E-state index in [0.717, 1.165) is 57.6 Å². The van der Waals surface area contributed by atoms with Gasteiger partial charge in [-0.3, -0.25) is 4.99 Å². The van der Waals surface area contributed by atoms with Crippen molar-refractivity contribution in [1.82, 2.24) is 10.6 Å². The minimum atomic E-state index is 0. The Hall–Kier alpha value is -0.0800. The van der Waals surface area contributed by atoms with Crippen LogP contribution in [0.5, 0.6) is 0 Å². The summed E-state index contributed by atoms with van der Waals surface area (Å²) in [5.41, 5.74) is 0.310. The standard InChI is InChI=1S/C19H37N3O2.HI/c1-4-20-17(21-13-18(2,3)16-7-5-6-8-16)22-14-19(9-11-23)10-12-24-15-19;/h16,23H,4-15H2,1-3H3,(H2,20,21,22);1H. The summed E-state index contributed by atoms with van der Waals surface area (Å²) in [7, 11) is 0. The number of aliphatic hydroxyl groups is 1. The maximum absolute atomic E-state index is 9.36. The van der Waals surface area contributed by atoms with Crippen molar-refractivity contribution >= 4 is 29.9 Å². The maximum Gasteiger partial charge on any atom is 0.191 e. The largest absolute Gasteiger partial charge is 0.396 e. The highest BCUT2D eigenvalue weighted by atomic mass is 127. The number of halogens is 1. The van der Waals surface area contributed by atoms with E-state index < -0.39 is 0 Å². The smallest absolute Gasteiger partial charge is 0.191 e. The number of aliphatic hydroxyl groups excluding tert-OH is 1. The molecule has 3 N–H and O–H groups in total. The highest BCUT2D eigenvalue weighted by Crippen LogP contribution is 2.39. The summed E-state index contributed by atoms with van der Waals surface area (Å²) in [6.45, 7) is 11.1. The van der Waals surface area contributed by atoms with Gasteiger partial charge in [-0.2, -0.15) is 0 Å². The zero-order chi connectivity index (χ0) is 17.5. The van der Waals surface area contributed by atoms with E-state index in [1.165, 1.54) is 25.7 Å². The Labute approximate surface area is 170 Å². The van der Waals surface area contributed by atoms with E-state index >= 15 is 0 Å². The van der Waals surface area contributed by atoms with Gasteiger partial charge in [0.05, 0.1) is 6.61 Å². The predicted octanol–water partition coefficient (Wildman–Crippen LogP) is 3.17. The molecule has 25 heavy (non-hydrogen) atoms. The number of ether oxygens (including phenoxy) is 1. The number of hydrogen-bond donors (Lipinski definition) is 3. The molecule has 2 aliphatic rings. The van der Waals surface area contributed by atoms with Crippen LogP contribution in [-0.2, 0) is 4.74 Å². The van der Waals surface area contributed by atoms with Gasteiger partial charge in [-0.1, -0.05) is 26.7 Å². The van der Waals surface area contributed by atoms with E-state index in [-0.39, 0.29) is 41.4 Å². The van der Waals surface area contributed by atoms with Gasteiger partial charge in [0.1, 0.15) is 0 Å². The summed E-state index contributed by atoms with van der Waals surface area (Å²) in [6.07, 6.45) is 7.24. The van der Waals surface area contributed by atoms with Gasteiger partial charge in [0.2, 0.25) is 0 Å². The Morgan fingerprint density at radius 1 is 1.28 bits per heavy atom. The molecule has 1 aliphatic heterocycles. The molecule has 6 heteroatoms. The average molecular weight is 467 g/mol. The molecule has 1 heterocycles. The molecule has 1 unspecified atom stereocenters. The van der Waals surface area contributed by atoms with Gasteiger partial charge in [0, 0.05) is 38.3 Å². The molecule has 1 aliphatic carbocycles. The van der Waals surface area contributed by atoms with Gasteiger partial charge in [-0.15, -0.1) is 24.0 Å². The zero-order valence-electron chi connectivity index (χ0n) is 16.3. The third-order valence-electron chi connectivity index (χ3n) is 5.91. The van der Waals surface area contributed by atoms with Crippen molar-refractivity contribution in [1.29, 1.82) is 0 Å². The van der Waals surface area contributed by atoms with Gasteiger partial charge in [0.15, 0.2) is 5.96 Å². The monoisotopic (exact) mass is 467 g/mol. The van der Waals surface area contributed by atoms with E-state index in [4.69, 9.17) is 9.73 Å². The Morgan fingerprint density at radius 3 is 2.56 bits per heavy atom. The van der Waals surface area contributed by atoms with Crippen LogP contribution in [-0.4, -0.2) is 50.5 Å². The number of aliphatic imine (C=N–C) groups is 1. The minimum absolute atomic E-state index is 0. The minimum Gasteiger partial charge on any atom is -0.396 e. The van der Waals surface area contributed by atoms with Crippen LogP contribution in [0.2, 0.25) is 0 Å². The molecule has 1 saturated carbocycles. The summed E-state index contributed by atoms with van der Waals surface area (Å²) in [5.74, 6) is 1.70. The van der Waals surface area contributed by atoms with Crippen molar-refractivity contribution in [2.45, 2.75) is 59.3 Å². The van der Waals surface area contributed by atoms with E-state index in [9.17, 15) is 5.11 Å². The molecule has 2 fully saturated rings. The summed E-state index contributed by atoms with van der Waals surface area (Å²) >= 11 is 0. The summed E-state index contributed by atoms with van der Waals surface area (Å²) in [4.78, 5) is 4.87. The molecule has 0 aromatic heterocycles. The molecule has 0 aromatic rings. The lowest BCUT2D eigenvalue weighted by molar-refractivity contribution is 0.127. The van der Waals surface area contributed by atoms with Crippen molar-refractivity contribution in [2.24, 2.45) is 21.7 Å². The van der Waals surface area contributed by atoms with Crippen LogP contribution in [0.4, 0.5) is 0 Å².